The van der Waals surface area contributed by atoms with E-state index in [9.17, 15) is 0 Å². The minimum atomic E-state index is 0.951. The lowest BCUT2D eigenvalue weighted by Gasteiger charge is -1.74. The minimum absolute atomic E-state index is 0.951. The summed E-state index contributed by atoms with van der Waals surface area (Å²) < 4.78 is 6.40. The molecule has 3 nitrogen and oxygen atoms in total. The Labute approximate surface area is 61.6 Å². The summed E-state index contributed by atoms with van der Waals surface area (Å²) in [4.78, 5) is 0. The second-order valence-electron chi connectivity index (χ2n) is 1.84. The number of hydrogen-bond acceptors (Lipinski definition) is 2. The molecular formula is C7H15N2O+. The number of nitrogens with zero attached hydrogens (tertiary/aromatic N) is 2. The molecule has 1 heterocycles. The Morgan fingerprint density at radius 3 is 1.90 bits per heavy atom. The van der Waals surface area contributed by atoms with Gasteiger partial charge in [-0.15, -0.1) is 0 Å². The van der Waals surface area contributed by atoms with Gasteiger partial charge in [0.2, 0.25) is 5.69 Å². The molecule has 0 radical (unpaired) electrons. The molecule has 0 fully saturated rings. The first-order valence-corrected chi connectivity index (χ1v) is 3.51. The van der Waals surface area contributed by atoms with Crippen LogP contribution < -0.4 is 4.74 Å². The molecule has 0 spiro atoms. The van der Waals surface area contributed by atoms with Crippen molar-refractivity contribution < 1.29 is 9.37 Å². The second kappa shape index (κ2) is 4.04. The van der Waals surface area contributed by atoms with Crippen molar-refractivity contribution in [2.45, 2.75) is 27.7 Å². The van der Waals surface area contributed by atoms with Gasteiger partial charge in [-0.2, -0.15) is 0 Å². The van der Waals surface area contributed by atoms with Crippen LogP contribution in [0.4, 0.5) is 0 Å². The van der Waals surface area contributed by atoms with E-state index in [0.717, 1.165) is 11.4 Å². The quantitative estimate of drug-likeness (QED) is 0.510. The van der Waals surface area contributed by atoms with E-state index in [-0.39, 0.29) is 0 Å². The highest BCUT2D eigenvalue weighted by molar-refractivity contribution is 4.95. The predicted octanol–water partition coefficient (Wildman–Crippen LogP) is 1.14. The molecule has 1 rings (SSSR count). The molecule has 0 aromatic carbocycles. The van der Waals surface area contributed by atoms with Crippen molar-refractivity contribution in [2.24, 2.45) is 7.05 Å². The molecule has 0 amide bonds. The van der Waals surface area contributed by atoms with Crippen LogP contribution in [0.3, 0.4) is 0 Å². The molecule has 0 unspecified atom stereocenters. The number of aromatic nitrogens is 2. The van der Waals surface area contributed by atoms with Crippen molar-refractivity contribution in [3.05, 3.63) is 11.4 Å². The lowest BCUT2D eigenvalue weighted by atomic mass is 10.4. The van der Waals surface area contributed by atoms with E-state index in [1.807, 2.05) is 34.7 Å². The van der Waals surface area contributed by atoms with E-state index in [1.54, 1.807) is 4.74 Å². The average molecular weight is 143 g/mol. The number of aryl methyl sites for hydroxylation is 2. The van der Waals surface area contributed by atoms with Gasteiger partial charge in [0.05, 0.1) is 0 Å². The van der Waals surface area contributed by atoms with Gasteiger partial charge in [-0.05, 0) is 0 Å². The first-order chi connectivity index (χ1) is 4.72. The average Bonchev–Trinajstić information content (AvgIpc) is 2.25. The zero-order valence-electron chi connectivity index (χ0n) is 7.30. The Kier molecular flexibility index (Phi) is 3.69. The molecule has 0 aliphatic rings. The molecule has 0 saturated carbocycles. The fourth-order valence-corrected chi connectivity index (χ4v) is 0.478. The van der Waals surface area contributed by atoms with Crippen LogP contribution in [0.25, 0.3) is 0 Å². The topological polar surface area (TPSA) is 29.9 Å². The van der Waals surface area contributed by atoms with Crippen LogP contribution in [0.1, 0.15) is 25.2 Å². The maximum Gasteiger partial charge on any atom is 0.242 e. The van der Waals surface area contributed by atoms with E-state index in [0.29, 0.717) is 0 Å². The standard InChI is InChI=1S/C5H9N2O.C2H6/c1-4-5(2)7(3)8-6-4;1-2/h1-3H3;1-2H3/q+1;. The molecule has 1 aromatic rings. The van der Waals surface area contributed by atoms with Gasteiger partial charge >= 0.3 is 0 Å². The van der Waals surface area contributed by atoms with Gasteiger partial charge in [-0.3, -0.25) is 0 Å². The van der Waals surface area contributed by atoms with E-state index < -0.39 is 0 Å². The van der Waals surface area contributed by atoms with Crippen LogP contribution in [0, 0.1) is 13.8 Å². The zero-order chi connectivity index (χ0) is 8.15. The largest absolute Gasteiger partial charge is 0.242 e. The van der Waals surface area contributed by atoms with Crippen molar-refractivity contribution in [1.82, 2.24) is 5.16 Å². The molecule has 10 heavy (non-hydrogen) atoms. The van der Waals surface area contributed by atoms with Crippen molar-refractivity contribution >= 4 is 0 Å². The van der Waals surface area contributed by atoms with Crippen molar-refractivity contribution in [2.75, 3.05) is 0 Å². The summed E-state index contributed by atoms with van der Waals surface area (Å²) in [6, 6.07) is 0. The first kappa shape index (κ1) is 9.14. The predicted molar refractivity (Wildman–Crippen MR) is 38.5 cm³/mol. The molecule has 0 N–H and O–H groups in total. The number of rotatable bonds is 0. The highest BCUT2D eigenvalue weighted by Gasteiger charge is 2.09. The first-order valence-electron chi connectivity index (χ1n) is 3.51. The zero-order valence-corrected chi connectivity index (χ0v) is 7.30. The summed E-state index contributed by atoms with van der Waals surface area (Å²) >= 11 is 0. The fourth-order valence-electron chi connectivity index (χ4n) is 0.478. The Morgan fingerprint density at radius 2 is 1.80 bits per heavy atom. The second-order valence-corrected chi connectivity index (χ2v) is 1.84. The summed E-state index contributed by atoms with van der Waals surface area (Å²) in [5.41, 5.74) is 2.03. The third-order valence-corrected chi connectivity index (χ3v) is 1.30. The van der Waals surface area contributed by atoms with Crippen molar-refractivity contribution in [1.29, 1.82) is 0 Å². The monoisotopic (exact) mass is 143 g/mol. The molecule has 0 aliphatic carbocycles. The van der Waals surface area contributed by atoms with Crippen LogP contribution in [0.2, 0.25) is 0 Å². The van der Waals surface area contributed by atoms with Gasteiger partial charge in [0, 0.05) is 13.8 Å². The summed E-state index contributed by atoms with van der Waals surface area (Å²) in [7, 11) is 1.83. The van der Waals surface area contributed by atoms with Crippen molar-refractivity contribution in [3.8, 4) is 0 Å². The van der Waals surface area contributed by atoms with Gasteiger partial charge in [0.25, 0.3) is 0 Å². The number of hydrogen-bond donors (Lipinski definition) is 0. The van der Waals surface area contributed by atoms with Crippen molar-refractivity contribution in [3.63, 3.8) is 0 Å². The molecule has 58 valence electrons. The molecule has 0 aliphatic heterocycles. The van der Waals surface area contributed by atoms with Crippen LogP contribution in [0.15, 0.2) is 4.63 Å². The molecule has 0 bridgehead atoms. The minimum Gasteiger partial charge on any atom is -0.0851 e. The van der Waals surface area contributed by atoms with E-state index in [2.05, 4.69) is 5.16 Å². The van der Waals surface area contributed by atoms with Gasteiger partial charge in [0.1, 0.15) is 7.05 Å². The highest BCUT2D eigenvalue weighted by Crippen LogP contribution is 1.92. The fraction of sp³-hybridized carbons (Fsp3) is 0.714. The Morgan fingerprint density at radius 1 is 1.30 bits per heavy atom. The van der Waals surface area contributed by atoms with Crippen LogP contribution in [-0.2, 0) is 7.05 Å². The molecule has 0 atom stereocenters. The van der Waals surface area contributed by atoms with Crippen LogP contribution >= 0.6 is 0 Å². The summed E-state index contributed by atoms with van der Waals surface area (Å²) in [6.45, 7) is 7.88. The third-order valence-electron chi connectivity index (χ3n) is 1.30. The molecular weight excluding hydrogens is 128 g/mol. The van der Waals surface area contributed by atoms with E-state index in [4.69, 9.17) is 4.63 Å². The molecule has 3 heteroatoms. The molecule has 0 saturated heterocycles. The van der Waals surface area contributed by atoms with Gasteiger partial charge in [-0.25, -0.2) is 0 Å². The van der Waals surface area contributed by atoms with Gasteiger partial charge in [0.15, 0.2) is 10.9 Å². The smallest absolute Gasteiger partial charge is 0.0851 e. The maximum absolute atomic E-state index is 4.76. The normalized spacial score (nSPS) is 8.50. The third kappa shape index (κ3) is 1.83. The highest BCUT2D eigenvalue weighted by atomic mass is 16.6. The Bertz CT molecular complexity index is 174. The van der Waals surface area contributed by atoms with Crippen LogP contribution in [-0.4, -0.2) is 5.16 Å². The lowest BCUT2D eigenvalue weighted by molar-refractivity contribution is -0.858. The lowest BCUT2D eigenvalue weighted by Crippen LogP contribution is -2.27. The Balaban J connectivity index is 0.000000371. The SMILES string of the molecule is CC.Cc1no[n+](C)c1C. The van der Waals surface area contributed by atoms with Gasteiger partial charge in [-0.1, -0.05) is 23.2 Å². The van der Waals surface area contributed by atoms with Crippen LogP contribution in [0.5, 0.6) is 0 Å². The maximum atomic E-state index is 4.76. The molecule has 1 aromatic heterocycles. The van der Waals surface area contributed by atoms with E-state index >= 15 is 0 Å². The Hall–Kier alpha value is -0.860. The summed E-state index contributed by atoms with van der Waals surface area (Å²) in [5, 5.41) is 3.70. The summed E-state index contributed by atoms with van der Waals surface area (Å²) in [5.74, 6) is 0. The summed E-state index contributed by atoms with van der Waals surface area (Å²) in [6.07, 6.45) is 0. The van der Waals surface area contributed by atoms with E-state index in [1.165, 1.54) is 0 Å². The van der Waals surface area contributed by atoms with Gasteiger partial charge < -0.3 is 0 Å².